The highest BCUT2D eigenvalue weighted by molar-refractivity contribution is 5.94. The van der Waals surface area contributed by atoms with Crippen molar-refractivity contribution in [2.45, 2.75) is 0 Å². The number of aromatic nitrogens is 3. The molecule has 3 rings (SSSR count). The molecule has 5 nitrogen and oxygen atoms in total. The Hall–Kier alpha value is -2.30. The summed E-state index contributed by atoms with van der Waals surface area (Å²) in [6, 6.07) is 7.91. The van der Waals surface area contributed by atoms with Crippen LogP contribution in [0.5, 0.6) is 0 Å². The number of hydrogen-bond donors (Lipinski definition) is 1. The van der Waals surface area contributed by atoms with Gasteiger partial charge in [0.05, 0.1) is 11.7 Å². The topological polar surface area (TPSA) is 69.9 Å². The first-order valence-electron chi connectivity index (χ1n) is 4.89. The number of aryl methyl sites for hydroxylation is 1. The van der Waals surface area contributed by atoms with E-state index in [2.05, 4.69) is 10.3 Å². The molecule has 0 bridgehead atoms. The third kappa shape index (κ3) is 1.11. The second-order valence-corrected chi connectivity index (χ2v) is 3.60. The third-order valence-electron chi connectivity index (χ3n) is 2.57. The van der Waals surface area contributed by atoms with Gasteiger partial charge in [-0.05, 0) is 6.07 Å². The Labute approximate surface area is 91.4 Å². The van der Waals surface area contributed by atoms with Crippen LogP contribution in [-0.4, -0.2) is 14.9 Å². The summed E-state index contributed by atoms with van der Waals surface area (Å²) in [5.74, 6) is 0.525. The van der Waals surface area contributed by atoms with E-state index in [1.165, 1.54) is 6.20 Å². The lowest BCUT2D eigenvalue weighted by molar-refractivity contribution is 0.431. The number of rotatable bonds is 1. The zero-order valence-electron chi connectivity index (χ0n) is 8.71. The van der Waals surface area contributed by atoms with Crippen LogP contribution in [0.15, 0.2) is 35.0 Å². The molecule has 2 N–H and O–H groups in total. The van der Waals surface area contributed by atoms with Crippen molar-refractivity contribution in [3.05, 3.63) is 30.5 Å². The van der Waals surface area contributed by atoms with Crippen LogP contribution in [-0.2, 0) is 7.05 Å². The van der Waals surface area contributed by atoms with E-state index in [0.717, 1.165) is 16.6 Å². The van der Waals surface area contributed by atoms with Gasteiger partial charge in [-0.3, -0.25) is 4.68 Å². The second kappa shape index (κ2) is 3.10. The second-order valence-electron chi connectivity index (χ2n) is 3.60. The fourth-order valence-electron chi connectivity index (χ4n) is 1.81. The Bertz CT molecular complexity index is 653. The summed E-state index contributed by atoms with van der Waals surface area (Å²) < 4.78 is 6.92. The van der Waals surface area contributed by atoms with E-state index in [9.17, 15) is 0 Å². The first kappa shape index (κ1) is 8.96. The van der Waals surface area contributed by atoms with Gasteiger partial charge in [0.2, 0.25) is 5.76 Å². The number of nitrogens with zero attached hydrogens (tertiary/aromatic N) is 3. The zero-order valence-corrected chi connectivity index (χ0v) is 8.71. The van der Waals surface area contributed by atoms with Crippen molar-refractivity contribution in [3.8, 4) is 11.5 Å². The predicted molar refractivity (Wildman–Crippen MR) is 60.6 cm³/mol. The van der Waals surface area contributed by atoms with Gasteiger partial charge in [0.15, 0.2) is 0 Å². The monoisotopic (exact) mass is 214 g/mol. The van der Waals surface area contributed by atoms with Gasteiger partial charge in [-0.1, -0.05) is 23.4 Å². The Morgan fingerprint density at radius 1 is 1.31 bits per heavy atom. The van der Waals surface area contributed by atoms with Gasteiger partial charge in [-0.15, -0.1) is 0 Å². The van der Waals surface area contributed by atoms with Crippen LogP contribution >= 0.6 is 0 Å². The molecule has 16 heavy (non-hydrogen) atoms. The van der Waals surface area contributed by atoms with Crippen LogP contribution in [0.3, 0.4) is 0 Å². The summed E-state index contributed by atoms with van der Waals surface area (Å²) in [6.07, 6.45) is 1.48. The van der Waals surface area contributed by atoms with Crippen molar-refractivity contribution >= 4 is 16.6 Å². The van der Waals surface area contributed by atoms with Gasteiger partial charge in [-0.2, -0.15) is 5.10 Å². The Kier molecular flexibility index (Phi) is 1.73. The highest BCUT2D eigenvalue weighted by atomic mass is 16.5. The van der Waals surface area contributed by atoms with Crippen molar-refractivity contribution in [3.63, 3.8) is 0 Å². The van der Waals surface area contributed by atoms with Crippen LogP contribution in [0.4, 0.5) is 5.69 Å². The lowest BCUT2D eigenvalue weighted by Crippen LogP contribution is -1.90. The molecule has 5 heteroatoms. The maximum Gasteiger partial charge on any atom is 0.210 e. The third-order valence-corrected chi connectivity index (χ3v) is 2.57. The number of nitrogens with two attached hydrogens (primary N) is 1. The zero-order chi connectivity index (χ0) is 11.1. The van der Waals surface area contributed by atoms with Gasteiger partial charge in [0.25, 0.3) is 0 Å². The standard InChI is InChI=1S/C11H10N4O/c1-15-9-5-3-2-4-7(9)10(14-15)11-8(12)6-13-16-11/h2-6H,12H2,1H3. The summed E-state index contributed by atoms with van der Waals surface area (Å²) in [4.78, 5) is 0. The van der Waals surface area contributed by atoms with Crippen LogP contribution in [0.2, 0.25) is 0 Å². The predicted octanol–water partition coefficient (Wildman–Crippen LogP) is 1.81. The molecule has 80 valence electrons. The Morgan fingerprint density at radius 2 is 2.12 bits per heavy atom. The number of nitrogen functional groups attached to an aromatic ring is 1. The summed E-state index contributed by atoms with van der Waals surface area (Å²) in [5.41, 5.74) is 8.04. The molecule has 0 aliphatic heterocycles. The largest absolute Gasteiger partial charge is 0.394 e. The lowest BCUT2D eigenvalue weighted by atomic mass is 10.1. The summed E-state index contributed by atoms with van der Waals surface area (Å²) in [7, 11) is 1.89. The van der Waals surface area contributed by atoms with E-state index in [-0.39, 0.29) is 0 Å². The molecule has 0 saturated heterocycles. The average Bonchev–Trinajstić information content (AvgIpc) is 2.84. The molecular weight excluding hydrogens is 204 g/mol. The van der Waals surface area contributed by atoms with E-state index in [1.54, 1.807) is 4.68 Å². The van der Waals surface area contributed by atoms with Crippen molar-refractivity contribution in [1.29, 1.82) is 0 Å². The lowest BCUT2D eigenvalue weighted by Gasteiger charge is -1.92. The quantitative estimate of drug-likeness (QED) is 0.670. The van der Waals surface area contributed by atoms with E-state index in [1.807, 2.05) is 31.3 Å². The summed E-state index contributed by atoms with van der Waals surface area (Å²) >= 11 is 0. The molecule has 0 spiro atoms. The first-order chi connectivity index (χ1) is 7.77. The van der Waals surface area contributed by atoms with E-state index in [4.69, 9.17) is 10.3 Å². The highest BCUT2D eigenvalue weighted by Crippen LogP contribution is 2.30. The highest BCUT2D eigenvalue weighted by Gasteiger charge is 2.16. The van der Waals surface area contributed by atoms with E-state index >= 15 is 0 Å². The van der Waals surface area contributed by atoms with Crippen molar-refractivity contribution in [2.75, 3.05) is 5.73 Å². The number of fused-ring (bicyclic) bond motifs is 1. The van der Waals surface area contributed by atoms with Gasteiger partial charge in [0.1, 0.15) is 11.4 Å². The van der Waals surface area contributed by atoms with E-state index < -0.39 is 0 Å². The molecule has 0 unspecified atom stereocenters. The molecule has 0 aliphatic rings. The van der Waals surface area contributed by atoms with Crippen LogP contribution < -0.4 is 5.73 Å². The number of hydrogen-bond acceptors (Lipinski definition) is 4. The minimum atomic E-state index is 0.504. The van der Waals surface area contributed by atoms with Gasteiger partial charge in [0, 0.05) is 12.4 Å². The maximum atomic E-state index is 5.77. The number of para-hydroxylation sites is 1. The average molecular weight is 214 g/mol. The van der Waals surface area contributed by atoms with Gasteiger partial charge >= 0.3 is 0 Å². The minimum absolute atomic E-state index is 0.504. The number of anilines is 1. The Balaban J connectivity index is 2.37. The normalized spacial score (nSPS) is 11.1. The molecule has 0 saturated carbocycles. The molecule has 0 atom stereocenters. The molecule has 3 aromatic rings. The van der Waals surface area contributed by atoms with Gasteiger partial charge in [-0.25, -0.2) is 0 Å². The van der Waals surface area contributed by atoms with Crippen molar-refractivity contribution in [2.24, 2.45) is 7.05 Å². The molecular formula is C11H10N4O. The SMILES string of the molecule is Cn1nc(-c2oncc2N)c2ccccc21. The molecule has 2 heterocycles. The fourth-order valence-corrected chi connectivity index (χ4v) is 1.81. The van der Waals surface area contributed by atoms with Crippen molar-refractivity contribution in [1.82, 2.24) is 14.9 Å². The summed E-state index contributed by atoms with van der Waals surface area (Å²) in [6.45, 7) is 0. The first-order valence-corrected chi connectivity index (χ1v) is 4.89. The van der Waals surface area contributed by atoms with Crippen LogP contribution in [0, 0.1) is 0 Å². The Morgan fingerprint density at radius 3 is 2.88 bits per heavy atom. The molecule has 1 aromatic carbocycles. The van der Waals surface area contributed by atoms with E-state index in [0.29, 0.717) is 11.4 Å². The fraction of sp³-hybridized carbons (Fsp3) is 0.0909. The molecule has 0 aliphatic carbocycles. The number of benzene rings is 1. The smallest absolute Gasteiger partial charge is 0.210 e. The molecule has 0 fully saturated rings. The van der Waals surface area contributed by atoms with Gasteiger partial charge < -0.3 is 10.3 Å². The molecule has 0 radical (unpaired) electrons. The summed E-state index contributed by atoms with van der Waals surface area (Å²) in [5, 5.41) is 9.07. The van der Waals surface area contributed by atoms with Crippen LogP contribution in [0.25, 0.3) is 22.4 Å². The minimum Gasteiger partial charge on any atom is -0.394 e. The molecule has 0 amide bonds. The molecule has 2 aromatic heterocycles. The van der Waals surface area contributed by atoms with Crippen LogP contribution in [0.1, 0.15) is 0 Å². The van der Waals surface area contributed by atoms with Crippen molar-refractivity contribution < 1.29 is 4.52 Å². The maximum absolute atomic E-state index is 5.77.